The largest absolute Gasteiger partial charge is 0.327 e. The van der Waals surface area contributed by atoms with E-state index in [-0.39, 0.29) is 29.5 Å². The minimum atomic E-state index is -0.678. The second-order valence-corrected chi connectivity index (χ2v) is 7.82. The zero-order valence-electron chi connectivity index (χ0n) is 16.4. The first-order valence-corrected chi connectivity index (χ1v) is 9.17. The number of carbonyl (C=O) groups is 1. The standard InChI is InChI=1S/C20H26F2N4O/c1-11(2)18-17(13-6-7-14(21)12(3)16(13)22)24-19-20(4,5)26(15(27)10-23)9-8-25(18)19/h6-7,11H,8-10,23H2,1-5H3. The molecule has 27 heavy (non-hydrogen) atoms. The Morgan fingerprint density at radius 3 is 2.56 bits per heavy atom. The smallest absolute Gasteiger partial charge is 0.237 e. The van der Waals surface area contributed by atoms with Crippen LogP contribution in [0.4, 0.5) is 8.78 Å². The van der Waals surface area contributed by atoms with Crippen LogP contribution in [0, 0.1) is 18.6 Å². The Bertz CT molecular complexity index is 902. The highest BCUT2D eigenvalue weighted by Gasteiger charge is 2.41. The highest BCUT2D eigenvalue weighted by Crippen LogP contribution is 2.39. The van der Waals surface area contributed by atoms with Gasteiger partial charge in [0.2, 0.25) is 5.91 Å². The van der Waals surface area contributed by atoms with Gasteiger partial charge >= 0.3 is 0 Å². The Hall–Kier alpha value is -2.28. The fourth-order valence-electron chi connectivity index (χ4n) is 3.93. The van der Waals surface area contributed by atoms with Crippen LogP contribution in [0.5, 0.6) is 0 Å². The molecular formula is C20H26F2N4O. The molecule has 0 saturated heterocycles. The maximum absolute atomic E-state index is 14.8. The molecule has 7 heteroatoms. The van der Waals surface area contributed by atoms with Gasteiger partial charge in [-0.05, 0) is 38.8 Å². The zero-order valence-corrected chi connectivity index (χ0v) is 16.4. The van der Waals surface area contributed by atoms with Gasteiger partial charge in [-0.25, -0.2) is 13.8 Å². The normalized spacial score (nSPS) is 16.0. The number of nitrogens with two attached hydrogens (primary N) is 1. The number of amides is 1. The monoisotopic (exact) mass is 376 g/mol. The molecule has 0 saturated carbocycles. The van der Waals surface area contributed by atoms with Crippen molar-refractivity contribution >= 4 is 5.91 Å². The summed E-state index contributed by atoms with van der Waals surface area (Å²) in [6.45, 7) is 10.3. The number of rotatable bonds is 3. The van der Waals surface area contributed by atoms with Crippen molar-refractivity contribution < 1.29 is 13.6 Å². The van der Waals surface area contributed by atoms with E-state index in [9.17, 15) is 13.6 Å². The Labute approximate surface area is 158 Å². The van der Waals surface area contributed by atoms with Gasteiger partial charge in [-0.1, -0.05) is 13.8 Å². The molecule has 0 atom stereocenters. The third-order valence-electron chi connectivity index (χ3n) is 5.37. The summed E-state index contributed by atoms with van der Waals surface area (Å²) in [4.78, 5) is 18.8. The van der Waals surface area contributed by atoms with E-state index in [0.717, 1.165) is 5.69 Å². The summed E-state index contributed by atoms with van der Waals surface area (Å²) in [6, 6.07) is 2.71. The molecule has 0 bridgehead atoms. The summed E-state index contributed by atoms with van der Waals surface area (Å²) in [7, 11) is 0. The molecule has 146 valence electrons. The first kappa shape index (κ1) is 19.5. The highest BCUT2D eigenvalue weighted by atomic mass is 19.1. The molecule has 0 unspecified atom stereocenters. The van der Waals surface area contributed by atoms with Gasteiger partial charge in [0.25, 0.3) is 0 Å². The number of fused-ring (bicyclic) bond motifs is 1. The van der Waals surface area contributed by atoms with Gasteiger partial charge in [0.05, 0.1) is 17.8 Å². The van der Waals surface area contributed by atoms with E-state index < -0.39 is 17.2 Å². The number of aromatic nitrogens is 2. The van der Waals surface area contributed by atoms with E-state index in [1.807, 2.05) is 27.7 Å². The fourth-order valence-corrected chi connectivity index (χ4v) is 3.93. The molecule has 3 rings (SSSR count). The summed E-state index contributed by atoms with van der Waals surface area (Å²) in [5.74, 6) is -0.550. The molecule has 0 spiro atoms. The Morgan fingerprint density at radius 2 is 1.96 bits per heavy atom. The van der Waals surface area contributed by atoms with Crippen LogP contribution >= 0.6 is 0 Å². The average molecular weight is 376 g/mol. The van der Waals surface area contributed by atoms with Gasteiger partial charge in [0.1, 0.15) is 17.5 Å². The Morgan fingerprint density at radius 1 is 1.30 bits per heavy atom. The van der Waals surface area contributed by atoms with Crippen LogP contribution in [0.25, 0.3) is 11.3 Å². The summed E-state index contributed by atoms with van der Waals surface area (Å²) in [5.41, 5.74) is 6.55. The van der Waals surface area contributed by atoms with Crippen molar-refractivity contribution in [1.82, 2.24) is 14.5 Å². The lowest BCUT2D eigenvalue weighted by Crippen LogP contribution is -2.53. The molecule has 1 aromatic heterocycles. The first-order chi connectivity index (χ1) is 12.6. The van der Waals surface area contributed by atoms with Crippen LogP contribution < -0.4 is 5.73 Å². The van der Waals surface area contributed by atoms with Gasteiger partial charge in [-0.3, -0.25) is 4.79 Å². The van der Waals surface area contributed by atoms with Crippen molar-refractivity contribution in [3.63, 3.8) is 0 Å². The van der Waals surface area contributed by atoms with Crippen molar-refractivity contribution in [2.24, 2.45) is 5.73 Å². The topological polar surface area (TPSA) is 64.2 Å². The molecule has 5 nitrogen and oxygen atoms in total. The predicted octanol–water partition coefficient (Wildman–Crippen LogP) is 3.30. The number of hydrogen-bond donors (Lipinski definition) is 1. The molecule has 1 aliphatic rings. The van der Waals surface area contributed by atoms with Gasteiger partial charge in [-0.15, -0.1) is 0 Å². The van der Waals surface area contributed by atoms with Gasteiger partial charge < -0.3 is 15.2 Å². The lowest BCUT2D eigenvalue weighted by Gasteiger charge is -2.42. The van der Waals surface area contributed by atoms with Crippen LogP contribution in [0.2, 0.25) is 0 Å². The molecule has 1 aromatic carbocycles. The van der Waals surface area contributed by atoms with Gasteiger partial charge in [0.15, 0.2) is 0 Å². The number of nitrogens with zero attached hydrogens (tertiary/aromatic N) is 3. The quantitative estimate of drug-likeness (QED) is 0.894. The molecule has 2 N–H and O–H groups in total. The molecule has 1 aliphatic heterocycles. The Balaban J connectivity index is 2.24. The SMILES string of the molecule is Cc1c(F)ccc(-c2nc3n(c2C(C)C)CCN(C(=O)CN)C3(C)C)c1F. The lowest BCUT2D eigenvalue weighted by atomic mass is 9.98. The number of carbonyl (C=O) groups excluding carboxylic acids is 1. The van der Waals surface area contributed by atoms with Crippen LogP contribution in [-0.2, 0) is 16.9 Å². The van der Waals surface area contributed by atoms with Gasteiger partial charge in [0, 0.05) is 29.9 Å². The molecule has 0 fully saturated rings. The average Bonchev–Trinajstić information content (AvgIpc) is 3.00. The van der Waals surface area contributed by atoms with Gasteiger partial charge in [-0.2, -0.15) is 0 Å². The van der Waals surface area contributed by atoms with Crippen LogP contribution in [0.1, 0.15) is 50.7 Å². The van der Waals surface area contributed by atoms with E-state index in [1.165, 1.54) is 19.1 Å². The highest BCUT2D eigenvalue weighted by molar-refractivity contribution is 5.79. The maximum Gasteiger partial charge on any atom is 0.237 e. The van der Waals surface area contributed by atoms with E-state index in [0.29, 0.717) is 24.6 Å². The van der Waals surface area contributed by atoms with Crippen molar-refractivity contribution in [3.8, 4) is 11.3 Å². The van der Waals surface area contributed by atoms with Crippen LogP contribution in [0.15, 0.2) is 12.1 Å². The summed E-state index contributed by atoms with van der Waals surface area (Å²) >= 11 is 0. The molecule has 2 heterocycles. The zero-order chi connectivity index (χ0) is 20.1. The van der Waals surface area contributed by atoms with E-state index >= 15 is 0 Å². The third-order valence-corrected chi connectivity index (χ3v) is 5.37. The summed E-state index contributed by atoms with van der Waals surface area (Å²) in [6.07, 6.45) is 0. The van der Waals surface area contributed by atoms with Crippen molar-refractivity contribution in [3.05, 3.63) is 40.8 Å². The number of benzene rings is 1. The van der Waals surface area contributed by atoms with Crippen molar-refractivity contribution in [2.45, 2.75) is 52.6 Å². The minimum Gasteiger partial charge on any atom is -0.327 e. The molecule has 0 aliphatic carbocycles. The molecular weight excluding hydrogens is 350 g/mol. The number of hydrogen-bond acceptors (Lipinski definition) is 3. The fraction of sp³-hybridized carbons (Fsp3) is 0.500. The second kappa shape index (κ2) is 6.71. The first-order valence-electron chi connectivity index (χ1n) is 9.17. The third kappa shape index (κ3) is 2.94. The molecule has 1 amide bonds. The van der Waals surface area contributed by atoms with Crippen molar-refractivity contribution in [2.75, 3.05) is 13.1 Å². The molecule has 2 aromatic rings. The number of imidazole rings is 1. The summed E-state index contributed by atoms with van der Waals surface area (Å²) < 4.78 is 30.6. The summed E-state index contributed by atoms with van der Waals surface area (Å²) in [5, 5.41) is 0. The molecule has 0 radical (unpaired) electrons. The number of halogens is 2. The van der Waals surface area contributed by atoms with E-state index in [4.69, 9.17) is 10.7 Å². The van der Waals surface area contributed by atoms with Crippen LogP contribution in [-0.4, -0.2) is 33.4 Å². The van der Waals surface area contributed by atoms with E-state index in [2.05, 4.69) is 4.57 Å². The second-order valence-electron chi connectivity index (χ2n) is 7.82. The minimum absolute atomic E-state index is 0.0209. The lowest BCUT2D eigenvalue weighted by molar-refractivity contribution is -0.137. The van der Waals surface area contributed by atoms with E-state index in [1.54, 1.807) is 4.90 Å². The van der Waals surface area contributed by atoms with Crippen LogP contribution in [0.3, 0.4) is 0 Å². The Kier molecular flexibility index (Phi) is 4.84. The predicted molar refractivity (Wildman–Crippen MR) is 100 cm³/mol. The maximum atomic E-state index is 14.8. The van der Waals surface area contributed by atoms with Crippen molar-refractivity contribution in [1.29, 1.82) is 0 Å².